The molecule has 2 amide bonds. The molecule has 3 aromatic rings. The number of hydrogen-bond acceptors (Lipinski definition) is 5. The summed E-state index contributed by atoms with van der Waals surface area (Å²) >= 11 is 0. The number of esters is 1. The van der Waals surface area contributed by atoms with Gasteiger partial charge in [-0.1, -0.05) is 51.1 Å². The van der Waals surface area contributed by atoms with E-state index in [2.05, 4.69) is 10.1 Å². The Morgan fingerprint density at radius 3 is 2.49 bits per heavy atom. The van der Waals surface area contributed by atoms with E-state index in [1.165, 1.54) is 7.11 Å². The molecular weight excluding hydrogens is 559 g/mol. The van der Waals surface area contributed by atoms with Gasteiger partial charge in [0.05, 0.1) is 18.8 Å². The number of nitrogens with two attached hydrogens (primary N) is 1. The van der Waals surface area contributed by atoms with Gasteiger partial charge in [-0.05, 0) is 48.4 Å². The predicted molar refractivity (Wildman–Crippen MR) is 160 cm³/mol. The van der Waals surface area contributed by atoms with Crippen LogP contribution in [0.4, 0.5) is 18.0 Å². The first kappa shape index (κ1) is 33.6. The topological polar surface area (TPSA) is 102 Å². The van der Waals surface area contributed by atoms with Gasteiger partial charge in [0.1, 0.15) is 24.1 Å². The number of ether oxygens (including phenoxy) is 1. The predicted octanol–water partition coefficient (Wildman–Crippen LogP) is 6.01. The van der Waals surface area contributed by atoms with Crippen LogP contribution in [0.15, 0.2) is 54.7 Å². The fourth-order valence-corrected chi connectivity index (χ4v) is 4.90. The highest BCUT2D eigenvalue weighted by atomic mass is 19.1. The number of urea groups is 1. The van der Waals surface area contributed by atoms with E-state index in [9.17, 15) is 22.8 Å². The van der Waals surface area contributed by atoms with Gasteiger partial charge in [-0.3, -0.25) is 4.79 Å². The molecule has 1 heterocycles. The molecule has 3 rings (SSSR count). The molecule has 0 aliphatic heterocycles. The Morgan fingerprint density at radius 1 is 1.12 bits per heavy atom. The maximum Gasteiger partial charge on any atom is 0.318 e. The largest absolute Gasteiger partial charge is 0.469 e. The van der Waals surface area contributed by atoms with Crippen LogP contribution in [0.3, 0.4) is 0 Å². The number of amides is 2. The summed E-state index contributed by atoms with van der Waals surface area (Å²) in [6, 6.07) is 10.9. The minimum absolute atomic E-state index is 0.00165. The zero-order chi connectivity index (χ0) is 31.6. The molecule has 11 heteroatoms. The summed E-state index contributed by atoms with van der Waals surface area (Å²) in [6.07, 6.45) is 3.18. The summed E-state index contributed by atoms with van der Waals surface area (Å²) < 4.78 is 49.0. The van der Waals surface area contributed by atoms with Gasteiger partial charge in [-0.2, -0.15) is 0 Å². The lowest BCUT2D eigenvalue weighted by molar-refractivity contribution is -0.140. The highest BCUT2D eigenvalue weighted by Gasteiger charge is 2.38. The summed E-state index contributed by atoms with van der Waals surface area (Å²) in [5.41, 5.74) is 6.49. The van der Waals surface area contributed by atoms with Gasteiger partial charge in [0.2, 0.25) is 0 Å². The number of nitrogens with one attached hydrogen (secondary N) is 1. The van der Waals surface area contributed by atoms with E-state index < -0.39 is 41.8 Å². The Bertz CT molecular complexity index is 1340. The highest BCUT2D eigenvalue weighted by Crippen LogP contribution is 2.39. The smallest absolute Gasteiger partial charge is 0.318 e. The lowest BCUT2D eigenvalue weighted by Crippen LogP contribution is -2.48. The summed E-state index contributed by atoms with van der Waals surface area (Å²) in [5, 5.41) is 2.92. The molecule has 234 valence electrons. The molecule has 2 atom stereocenters. The SMILES string of the molecule is COC(=O)CCCCNC(=O)N(CCC(N)CF)[C@@H](c1nc(-c2cc(F)ccc2F)cn1Cc1ccccc1)C(C)(C)C. The second-order valence-corrected chi connectivity index (χ2v) is 11.7. The molecule has 2 aromatic carbocycles. The number of benzene rings is 2. The van der Waals surface area contributed by atoms with E-state index in [-0.39, 0.29) is 36.6 Å². The number of methoxy groups -OCH3 is 1. The third-order valence-corrected chi connectivity index (χ3v) is 7.10. The molecule has 0 radical (unpaired) electrons. The molecule has 0 spiro atoms. The van der Waals surface area contributed by atoms with Crippen LogP contribution in [0.1, 0.15) is 63.9 Å². The first-order chi connectivity index (χ1) is 20.4. The van der Waals surface area contributed by atoms with Crippen molar-refractivity contribution < 1.29 is 27.5 Å². The van der Waals surface area contributed by atoms with Crippen molar-refractivity contribution in [2.24, 2.45) is 11.1 Å². The lowest BCUT2D eigenvalue weighted by atomic mass is 9.84. The molecular formula is C32H42F3N5O3. The first-order valence-electron chi connectivity index (χ1n) is 14.4. The van der Waals surface area contributed by atoms with Crippen LogP contribution < -0.4 is 11.1 Å². The Morgan fingerprint density at radius 2 is 1.84 bits per heavy atom. The first-order valence-corrected chi connectivity index (χ1v) is 14.4. The van der Waals surface area contributed by atoms with Gasteiger partial charge in [-0.15, -0.1) is 0 Å². The van der Waals surface area contributed by atoms with Crippen molar-refractivity contribution in [3.8, 4) is 11.3 Å². The molecule has 0 aliphatic rings. The molecule has 1 unspecified atom stereocenters. The summed E-state index contributed by atoms with van der Waals surface area (Å²) in [5.74, 6) is -1.09. The Hall–Kier alpha value is -3.86. The van der Waals surface area contributed by atoms with Crippen LogP contribution >= 0.6 is 0 Å². The van der Waals surface area contributed by atoms with Crippen molar-refractivity contribution in [3.63, 3.8) is 0 Å². The number of aromatic nitrogens is 2. The Kier molecular flexibility index (Phi) is 12.2. The van der Waals surface area contributed by atoms with E-state index in [1.807, 2.05) is 55.7 Å². The van der Waals surface area contributed by atoms with Crippen molar-refractivity contribution in [2.45, 2.75) is 65.1 Å². The van der Waals surface area contributed by atoms with Crippen LogP contribution in [0, 0.1) is 17.0 Å². The van der Waals surface area contributed by atoms with Crippen LogP contribution in [0.2, 0.25) is 0 Å². The molecule has 43 heavy (non-hydrogen) atoms. The monoisotopic (exact) mass is 601 g/mol. The van der Waals surface area contributed by atoms with Crippen molar-refractivity contribution in [1.29, 1.82) is 0 Å². The zero-order valence-corrected chi connectivity index (χ0v) is 25.3. The number of halogens is 3. The number of alkyl halides is 1. The minimum atomic E-state index is -0.767. The number of rotatable bonds is 14. The van der Waals surface area contributed by atoms with Crippen molar-refractivity contribution in [2.75, 3.05) is 26.9 Å². The number of imidazole rings is 1. The van der Waals surface area contributed by atoms with Crippen molar-refractivity contribution in [1.82, 2.24) is 19.8 Å². The fraction of sp³-hybridized carbons (Fsp3) is 0.469. The van der Waals surface area contributed by atoms with Crippen LogP contribution in [0.25, 0.3) is 11.3 Å². The van der Waals surface area contributed by atoms with E-state index in [0.29, 0.717) is 31.8 Å². The molecule has 0 aliphatic carbocycles. The number of carbonyl (C=O) groups excluding carboxylic acids is 2. The van der Waals surface area contributed by atoms with Crippen molar-refractivity contribution >= 4 is 12.0 Å². The number of nitrogens with zero attached hydrogens (tertiary/aromatic N) is 3. The van der Waals surface area contributed by atoms with Crippen molar-refractivity contribution in [3.05, 3.63) is 77.8 Å². The minimum Gasteiger partial charge on any atom is -0.469 e. The molecule has 0 saturated heterocycles. The molecule has 1 aromatic heterocycles. The molecule has 0 bridgehead atoms. The van der Waals surface area contributed by atoms with E-state index in [1.54, 1.807) is 11.1 Å². The van der Waals surface area contributed by atoms with Crippen LogP contribution in [-0.2, 0) is 16.1 Å². The second-order valence-electron chi connectivity index (χ2n) is 11.7. The quantitative estimate of drug-likeness (QED) is 0.174. The maximum absolute atomic E-state index is 14.9. The van der Waals surface area contributed by atoms with Crippen LogP contribution in [0.5, 0.6) is 0 Å². The van der Waals surface area contributed by atoms with Gasteiger partial charge in [-0.25, -0.2) is 22.9 Å². The average Bonchev–Trinajstić information content (AvgIpc) is 3.37. The molecule has 0 saturated carbocycles. The normalized spacial score (nSPS) is 12.9. The van der Waals surface area contributed by atoms with Gasteiger partial charge in [0.15, 0.2) is 0 Å². The average molecular weight is 602 g/mol. The number of hydrogen-bond donors (Lipinski definition) is 2. The van der Waals surface area contributed by atoms with Gasteiger partial charge < -0.3 is 25.3 Å². The maximum atomic E-state index is 14.9. The number of unbranched alkanes of at least 4 members (excludes halogenated alkanes) is 1. The van der Waals surface area contributed by atoms with Gasteiger partial charge in [0, 0.05) is 43.9 Å². The van der Waals surface area contributed by atoms with E-state index in [4.69, 9.17) is 10.7 Å². The Labute approximate surface area is 251 Å². The zero-order valence-electron chi connectivity index (χ0n) is 25.3. The Balaban J connectivity index is 2.05. The molecule has 8 nitrogen and oxygen atoms in total. The standard InChI is InChI=1S/C32H42F3N5O3/c1-32(2,3)29(40(17-15-24(36)19-33)31(42)37-16-9-8-12-28(41)43-4)30-38-27(25-18-23(34)13-14-26(25)35)21-39(30)20-22-10-6-5-7-11-22/h5-7,10-11,13-14,18,21,24,29H,8-9,12,15-17,19-20,36H2,1-4H3,(H,37,42)/t24?,29-/m0/s1. The third-order valence-electron chi connectivity index (χ3n) is 7.10. The summed E-state index contributed by atoms with van der Waals surface area (Å²) in [4.78, 5) is 31.6. The van der Waals surface area contributed by atoms with Crippen LogP contribution in [-0.4, -0.2) is 59.4 Å². The van der Waals surface area contributed by atoms with Gasteiger partial charge >= 0.3 is 12.0 Å². The van der Waals surface area contributed by atoms with Gasteiger partial charge in [0.25, 0.3) is 0 Å². The second kappa shape index (κ2) is 15.6. The molecule has 0 fully saturated rings. The third kappa shape index (κ3) is 9.57. The highest BCUT2D eigenvalue weighted by molar-refractivity contribution is 5.75. The summed E-state index contributed by atoms with van der Waals surface area (Å²) in [7, 11) is 1.33. The number of carbonyl (C=O) groups is 2. The fourth-order valence-electron chi connectivity index (χ4n) is 4.90. The molecule has 3 N–H and O–H groups in total. The summed E-state index contributed by atoms with van der Waals surface area (Å²) in [6.45, 7) is 5.90. The van der Waals surface area contributed by atoms with E-state index >= 15 is 0 Å². The van der Waals surface area contributed by atoms with E-state index in [0.717, 1.165) is 23.8 Å². The lowest BCUT2D eigenvalue weighted by Gasteiger charge is -2.40.